The van der Waals surface area contributed by atoms with Crippen LogP contribution < -0.4 is 5.32 Å². The van der Waals surface area contributed by atoms with E-state index in [0.717, 1.165) is 39.1 Å². The quantitative estimate of drug-likeness (QED) is 0.551. The number of carbonyl (C=O) groups is 1. The van der Waals surface area contributed by atoms with Gasteiger partial charge in [0.05, 0.1) is 22.8 Å². The van der Waals surface area contributed by atoms with Crippen LogP contribution in [0.15, 0.2) is 60.8 Å². The van der Waals surface area contributed by atoms with Crippen LogP contribution in [0, 0.1) is 13.8 Å². The minimum atomic E-state index is -0.160. The van der Waals surface area contributed by atoms with E-state index >= 15 is 0 Å². The molecule has 0 fully saturated rings. The number of aromatic nitrogens is 3. The number of benzene rings is 2. The average molecular weight is 370 g/mol. The molecular weight excluding hydrogens is 348 g/mol. The summed E-state index contributed by atoms with van der Waals surface area (Å²) in [6.45, 7) is 6.73. The Labute approximate surface area is 164 Å². The van der Waals surface area contributed by atoms with Crippen molar-refractivity contribution >= 4 is 22.6 Å². The van der Waals surface area contributed by atoms with Gasteiger partial charge in [0.15, 0.2) is 5.65 Å². The molecule has 0 unspecified atom stereocenters. The van der Waals surface area contributed by atoms with Crippen LogP contribution >= 0.6 is 0 Å². The van der Waals surface area contributed by atoms with Gasteiger partial charge in [0.25, 0.3) is 5.91 Å². The largest absolute Gasteiger partial charge is 0.322 e. The van der Waals surface area contributed by atoms with Crippen molar-refractivity contribution in [2.24, 2.45) is 0 Å². The molecule has 2 heterocycles. The van der Waals surface area contributed by atoms with Gasteiger partial charge in [-0.15, -0.1) is 0 Å². The molecule has 0 saturated carbocycles. The van der Waals surface area contributed by atoms with Gasteiger partial charge in [0.1, 0.15) is 0 Å². The van der Waals surface area contributed by atoms with Gasteiger partial charge in [-0.25, -0.2) is 9.67 Å². The summed E-state index contributed by atoms with van der Waals surface area (Å²) in [5.41, 5.74) is 6.02. The summed E-state index contributed by atoms with van der Waals surface area (Å²) in [6.07, 6.45) is 1.72. The topological polar surface area (TPSA) is 59.8 Å². The van der Waals surface area contributed by atoms with Crippen molar-refractivity contribution in [3.63, 3.8) is 0 Å². The normalized spacial score (nSPS) is 11.0. The Kier molecular flexibility index (Phi) is 4.65. The van der Waals surface area contributed by atoms with Crippen LogP contribution in [0.25, 0.3) is 22.3 Å². The number of nitrogens with one attached hydrogen (secondary N) is 1. The molecule has 0 spiro atoms. The summed E-state index contributed by atoms with van der Waals surface area (Å²) >= 11 is 0. The molecule has 5 heteroatoms. The molecule has 0 saturated heterocycles. The number of pyridine rings is 1. The lowest BCUT2D eigenvalue weighted by Crippen LogP contribution is -2.14. The smallest absolute Gasteiger partial charge is 0.256 e. The minimum Gasteiger partial charge on any atom is -0.322 e. The monoisotopic (exact) mass is 370 g/mol. The van der Waals surface area contributed by atoms with E-state index in [1.165, 1.54) is 0 Å². The highest BCUT2D eigenvalue weighted by atomic mass is 16.1. The molecule has 4 aromatic rings. The summed E-state index contributed by atoms with van der Waals surface area (Å²) in [4.78, 5) is 17.9. The molecule has 5 nitrogen and oxygen atoms in total. The standard InChI is InChI=1S/C23H22N4O/c1-4-27-22-19(14-24-27)18(13-21(25-22)17-8-6-5-7-9-17)23(28)26-20-11-10-15(2)12-16(20)3/h5-14H,4H2,1-3H3,(H,26,28). The van der Waals surface area contributed by atoms with Crippen LogP contribution in [0.1, 0.15) is 28.4 Å². The number of nitrogens with zero attached hydrogens (tertiary/aromatic N) is 3. The van der Waals surface area contributed by atoms with Crippen LogP contribution in [-0.4, -0.2) is 20.7 Å². The molecule has 140 valence electrons. The molecule has 0 radical (unpaired) electrons. The molecule has 2 aromatic carbocycles. The maximum atomic E-state index is 13.2. The number of anilines is 1. The second kappa shape index (κ2) is 7.27. The lowest BCUT2D eigenvalue weighted by molar-refractivity contribution is 0.102. The van der Waals surface area contributed by atoms with Gasteiger partial charge in [0.2, 0.25) is 0 Å². The molecule has 0 bridgehead atoms. The molecule has 4 rings (SSSR count). The Bertz CT molecular complexity index is 1160. The number of hydrogen-bond acceptors (Lipinski definition) is 3. The predicted octanol–water partition coefficient (Wildman–Crippen LogP) is 4.99. The van der Waals surface area contributed by atoms with Crippen molar-refractivity contribution in [2.75, 3.05) is 5.32 Å². The molecule has 0 aliphatic rings. The molecule has 1 amide bonds. The highest BCUT2D eigenvalue weighted by Crippen LogP contribution is 2.26. The SMILES string of the molecule is CCn1ncc2c(C(=O)Nc3ccc(C)cc3C)cc(-c3ccccc3)nc21. The Morgan fingerprint density at radius 3 is 2.57 bits per heavy atom. The minimum absolute atomic E-state index is 0.160. The van der Waals surface area contributed by atoms with Crippen molar-refractivity contribution in [3.05, 3.63) is 77.5 Å². The number of amides is 1. The van der Waals surface area contributed by atoms with E-state index in [9.17, 15) is 4.79 Å². The first-order valence-corrected chi connectivity index (χ1v) is 9.37. The van der Waals surface area contributed by atoms with Gasteiger partial charge < -0.3 is 5.32 Å². The van der Waals surface area contributed by atoms with Crippen LogP contribution in [0.3, 0.4) is 0 Å². The maximum absolute atomic E-state index is 13.2. The lowest BCUT2D eigenvalue weighted by Gasteiger charge is -2.11. The Morgan fingerprint density at radius 2 is 1.86 bits per heavy atom. The Hall–Kier alpha value is -3.47. The first-order chi connectivity index (χ1) is 13.6. The van der Waals surface area contributed by atoms with Gasteiger partial charge >= 0.3 is 0 Å². The summed E-state index contributed by atoms with van der Waals surface area (Å²) < 4.78 is 1.82. The fourth-order valence-corrected chi connectivity index (χ4v) is 3.37. The van der Waals surface area contributed by atoms with Crippen molar-refractivity contribution in [2.45, 2.75) is 27.3 Å². The van der Waals surface area contributed by atoms with Crippen LogP contribution in [0.4, 0.5) is 5.69 Å². The molecular formula is C23H22N4O. The van der Waals surface area contributed by atoms with E-state index in [1.807, 2.05) is 74.0 Å². The van der Waals surface area contributed by atoms with Crippen molar-refractivity contribution in [3.8, 4) is 11.3 Å². The number of carbonyl (C=O) groups excluding carboxylic acids is 1. The first-order valence-electron chi connectivity index (χ1n) is 9.37. The van der Waals surface area contributed by atoms with E-state index < -0.39 is 0 Å². The van der Waals surface area contributed by atoms with Gasteiger partial charge in [0, 0.05) is 17.8 Å². The summed E-state index contributed by atoms with van der Waals surface area (Å²) in [6, 6.07) is 17.7. The number of hydrogen-bond donors (Lipinski definition) is 1. The van der Waals surface area contributed by atoms with E-state index in [-0.39, 0.29) is 5.91 Å². The Balaban J connectivity index is 1.82. The fraction of sp³-hybridized carbons (Fsp3) is 0.174. The van der Waals surface area contributed by atoms with E-state index in [0.29, 0.717) is 12.1 Å². The van der Waals surface area contributed by atoms with E-state index in [2.05, 4.69) is 16.5 Å². The zero-order chi connectivity index (χ0) is 19.7. The molecule has 1 N–H and O–H groups in total. The van der Waals surface area contributed by atoms with Gasteiger partial charge in [-0.2, -0.15) is 5.10 Å². The van der Waals surface area contributed by atoms with E-state index in [1.54, 1.807) is 6.20 Å². The van der Waals surface area contributed by atoms with E-state index in [4.69, 9.17) is 4.98 Å². The summed E-state index contributed by atoms with van der Waals surface area (Å²) in [5, 5.41) is 8.20. The highest BCUT2D eigenvalue weighted by molar-refractivity contribution is 6.12. The number of fused-ring (bicyclic) bond motifs is 1. The summed E-state index contributed by atoms with van der Waals surface area (Å²) in [7, 11) is 0. The molecule has 0 atom stereocenters. The third kappa shape index (κ3) is 3.27. The average Bonchev–Trinajstić information content (AvgIpc) is 3.13. The highest BCUT2D eigenvalue weighted by Gasteiger charge is 2.18. The zero-order valence-electron chi connectivity index (χ0n) is 16.2. The second-order valence-electron chi connectivity index (χ2n) is 6.89. The maximum Gasteiger partial charge on any atom is 0.256 e. The molecule has 2 aromatic heterocycles. The van der Waals surface area contributed by atoms with Crippen LogP contribution in [-0.2, 0) is 6.54 Å². The van der Waals surface area contributed by atoms with Crippen molar-refractivity contribution < 1.29 is 4.79 Å². The lowest BCUT2D eigenvalue weighted by atomic mass is 10.1. The third-order valence-electron chi connectivity index (χ3n) is 4.85. The fourth-order valence-electron chi connectivity index (χ4n) is 3.37. The van der Waals surface area contributed by atoms with Crippen molar-refractivity contribution in [1.82, 2.24) is 14.8 Å². The number of aryl methyl sites for hydroxylation is 3. The predicted molar refractivity (Wildman–Crippen MR) is 113 cm³/mol. The van der Waals surface area contributed by atoms with Gasteiger partial charge in [-0.3, -0.25) is 4.79 Å². The number of rotatable bonds is 4. The second-order valence-corrected chi connectivity index (χ2v) is 6.89. The molecule has 0 aliphatic carbocycles. The van der Waals surface area contributed by atoms with Gasteiger partial charge in [-0.05, 0) is 38.5 Å². The van der Waals surface area contributed by atoms with Crippen LogP contribution in [0.5, 0.6) is 0 Å². The van der Waals surface area contributed by atoms with Gasteiger partial charge in [-0.1, -0.05) is 48.0 Å². The molecule has 0 aliphatic heterocycles. The Morgan fingerprint density at radius 1 is 1.07 bits per heavy atom. The first kappa shape index (κ1) is 17.9. The zero-order valence-corrected chi connectivity index (χ0v) is 16.2. The third-order valence-corrected chi connectivity index (χ3v) is 4.85. The van der Waals surface area contributed by atoms with Crippen LogP contribution in [0.2, 0.25) is 0 Å². The van der Waals surface area contributed by atoms with Crippen molar-refractivity contribution in [1.29, 1.82) is 0 Å². The molecule has 28 heavy (non-hydrogen) atoms. The summed E-state index contributed by atoms with van der Waals surface area (Å²) in [5.74, 6) is -0.160.